The van der Waals surface area contributed by atoms with E-state index in [1.807, 2.05) is 24.7 Å². The van der Waals surface area contributed by atoms with Crippen molar-refractivity contribution in [2.45, 2.75) is 77.5 Å². The quantitative estimate of drug-likeness (QED) is 0.659. The Morgan fingerprint density at radius 2 is 1.79 bits per heavy atom. The first-order chi connectivity index (χ1) is 14.2. The molecule has 2 aromatic rings. The number of hydrogen-bond acceptors (Lipinski definition) is 4. The van der Waals surface area contributed by atoms with Gasteiger partial charge in [-0.05, 0) is 70.2 Å². The predicted molar refractivity (Wildman–Crippen MR) is 118 cm³/mol. The van der Waals surface area contributed by atoms with E-state index in [0.29, 0.717) is 6.04 Å². The number of piperidine rings is 1. The Balaban J connectivity index is 1.37. The van der Waals surface area contributed by atoms with Gasteiger partial charge in [0.15, 0.2) is 0 Å². The fraction of sp³-hybridized carbons (Fsp3) is 0.667. The van der Waals surface area contributed by atoms with Crippen LogP contribution in [0.4, 0.5) is 0 Å². The average Bonchev–Trinajstić information content (AvgIpc) is 3.42. The van der Waals surface area contributed by atoms with Crippen molar-refractivity contribution in [3.05, 3.63) is 48.0 Å². The first-order valence-corrected chi connectivity index (χ1v) is 11.6. The van der Waals surface area contributed by atoms with Crippen molar-refractivity contribution < 1.29 is 0 Å². The van der Waals surface area contributed by atoms with Crippen molar-refractivity contribution in [2.75, 3.05) is 19.6 Å². The van der Waals surface area contributed by atoms with Gasteiger partial charge in [0.2, 0.25) is 0 Å². The molecular formula is C24H37N5. The molecule has 0 radical (unpaired) electrons. The van der Waals surface area contributed by atoms with Crippen LogP contribution >= 0.6 is 0 Å². The Kier molecular flexibility index (Phi) is 6.98. The van der Waals surface area contributed by atoms with Gasteiger partial charge in [0.25, 0.3) is 0 Å². The maximum absolute atomic E-state index is 4.55. The highest BCUT2D eigenvalue weighted by molar-refractivity contribution is 5.10. The maximum Gasteiger partial charge on any atom is 0.0534 e. The van der Waals surface area contributed by atoms with Crippen molar-refractivity contribution in [3.63, 3.8) is 0 Å². The monoisotopic (exact) mass is 395 g/mol. The molecule has 0 bridgehead atoms. The Morgan fingerprint density at radius 1 is 1.03 bits per heavy atom. The lowest BCUT2D eigenvalue weighted by Crippen LogP contribution is -2.42. The number of hydrogen-bond donors (Lipinski definition) is 0. The number of aromatic nitrogens is 3. The van der Waals surface area contributed by atoms with Crippen LogP contribution in [0.3, 0.4) is 0 Å². The summed E-state index contributed by atoms with van der Waals surface area (Å²) in [6.07, 6.45) is 16.5. The van der Waals surface area contributed by atoms with Gasteiger partial charge in [0.1, 0.15) is 0 Å². The molecule has 2 aliphatic rings. The highest BCUT2D eigenvalue weighted by Crippen LogP contribution is 2.28. The molecule has 3 heterocycles. The molecule has 29 heavy (non-hydrogen) atoms. The molecule has 158 valence electrons. The van der Waals surface area contributed by atoms with E-state index in [1.54, 1.807) is 0 Å². The normalized spacial score (nSPS) is 19.6. The first kappa shape index (κ1) is 20.5. The van der Waals surface area contributed by atoms with Gasteiger partial charge >= 0.3 is 0 Å². The molecule has 0 atom stereocenters. The van der Waals surface area contributed by atoms with Gasteiger partial charge in [-0.1, -0.05) is 18.9 Å². The minimum atomic E-state index is 0.412. The van der Waals surface area contributed by atoms with E-state index in [9.17, 15) is 0 Å². The zero-order valence-electron chi connectivity index (χ0n) is 18.2. The third kappa shape index (κ3) is 5.67. The summed E-state index contributed by atoms with van der Waals surface area (Å²) in [4.78, 5) is 9.71. The summed E-state index contributed by atoms with van der Waals surface area (Å²) in [6, 6.07) is 5.53. The van der Waals surface area contributed by atoms with Gasteiger partial charge in [0.05, 0.1) is 6.20 Å². The van der Waals surface area contributed by atoms with Crippen molar-refractivity contribution in [3.8, 4) is 0 Å². The molecule has 2 aromatic heterocycles. The molecule has 5 heteroatoms. The van der Waals surface area contributed by atoms with E-state index in [1.165, 1.54) is 69.3 Å². The molecular weight excluding hydrogens is 358 g/mol. The summed E-state index contributed by atoms with van der Waals surface area (Å²) >= 11 is 0. The van der Waals surface area contributed by atoms with Crippen LogP contribution in [0.15, 0.2) is 36.9 Å². The van der Waals surface area contributed by atoms with Crippen molar-refractivity contribution in [2.24, 2.45) is 5.92 Å². The largest absolute Gasteiger partial charge is 0.300 e. The lowest BCUT2D eigenvalue weighted by Gasteiger charge is -2.37. The molecule has 1 aliphatic heterocycles. The Bertz CT molecular complexity index is 727. The Hall–Kier alpha value is -1.72. The zero-order chi connectivity index (χ0) is 20.1. The third-order valence-electron chi connectivity index (χ3n) is 6.73. The predicted octanol–water partition coefficient (Wildman–Crippen LogP) is 4.52. The summed E-state index contributed by atoms with van der Waals surface area (Å²) in [6.45, 7) is 10.0. The van der Waals surface area contributed by atoms with E-state index in [2.05, 4.69) is 50.7 Å². The second-order valence-corrected chi connectivity index (χ2v) is 9.37. The molecule has 0 N–H and O–H groups in total. The van der Waals surface area contributed by atoms with Crippen molar-refractivity contribution in [1.82, 2.24) is 24.6 Å². The summed E-state index contributed by atoms with van der Waals surface area (Å²) in [5.74, 6) is 0.796. The summed E-state index contributed by atoms with van der Waals surface area (Å²) in [5, 5.41) is 4.55. The molecule has 1 saturated heterocycles. The number of nitrogens with zero attached hydrogens (tertiary/aromatic N) is 5. The zero-order valence-corrected chi connectivity index (χ0v) is 18.2. The van der Waals surface area contributed by atoms with Crippen LogP contribution in [0, 0.1) is 5.92 Å². The van der Waals surface area contributed by atoms with Crippen LogP contribution in [0.25, 0.3) is 0 Å². The first-order valence-electron chi connectivity index (χ1n) is 11.6. The second-order valence-electron chi connectivity index (χ2n) is 9.37. The van der Waals surface area contributed by atoms with Gasteiger partial charge in [-0.15, -0.1) is 0 Å². The van der Waals surface area contributed by atoms with E-state index in [-0.39, 0.29) is 0 Å². The van der Waals surface area contributed by atoms with Crippen LogP contribution in [0.5, 0.6) is 0 Å². The fourth-order valence-corrected chi connectivity index (χ4v) is 5.07. The molecule has 2 fully saturated rings. The topological polar surface area (TPSA) is 37.2 Å². The van der Waals surface area contributed by atoms with Gasteiger partial charge in [0, 0.05) is 55.9 Å². The van der Waals surface area contributed by atoms with Gasteiger partial charge < -0.3 is 4.90 Å². The van der Waals surface area contributed by atoms with E-state index in [4.69, 9.17) is 0 Å². The fourth-order valence-electron chi connectivity index (χ4n) is 5.07. The molecule has 4 rings (SSSR count). The van der Waals surface area contributed by atoms with E-state index < -0.39 is 0 Å². The molecule has 5 nitrogen and oxygen atoms in total. The Morgan fingerprint density at radius 3 is 2.45 bits per heavy atom. The highest BCUT2D eigenvalue weighted by Gasteiger charge is 2.28. The summed E-state index contributed by atoms with van der Waals surface area (Å²) < 4.78 is 2.07. The van der Waals surface area contributed by atoms with Crippen molar-refractivity contribution >= 4 is 0 Å². The lowest BCUT2D eigenvalue weighted by atomic mass is 9.94. The standard InChI is InChI=1S/C24H37N5/c1-20(2)29-19-23(15-26-29)18-27(17-22-6-5-11-25-14-22)16-21-9-12-28(13-10-21)24-7-3-4-8-24/h5-6,11,14-15,19-21,24H,3-4,7-10,12-13,16-18H2,1-2H3. The smallest absolute Gasteiger partial charge is 0.0534 e. The van der Waals surface area contributed by atoms with E-state index >= 15 is 0 Å². The van der Waals surface area contributed by atoms with Crippen molar-refractivity contribution in [1.29, 1.82) is 0 Å². The average molecular weight is 396 g/mol. The van der Waals surface area contributed by atoms with Gasteiger partial charge in [-0.2, -0.15) is 5.10 Å². The molecule has 0 aromatic carbocycles. The number of rotatable bonds is 8. The van der Waals surface area contributed by atoms with Crippen LogP contribution < -0.4 is 0 Å². The minimum absolute atomic E-state index is 0.412. The SMILES string of the molecule is CC(C)n1cc(CN(Cc2cccnc2)CC2CCN(C3CCCC3)CC2)cn1. The Labute approximate surface area is 176 Å². The van der Waals surface area contributed by atoms with Gasteiger partial charge in [-0.25, -0.2) is 0 Å². The highest BCUT2D eigenvalue weighted by atomic mass is 15.3. The molecule has 0 spiro atoms. The molecule has 1 saturated carbocycles. The second kappa shape index (κ2) is 9.86. The van der Waals surface area contributed by atoms with Crippen LogP contribution in [-0.4, -0.2) is 50.2 Å². The summed E-state index contributed by atoms with van der Waals surface area (Å²) in [7, 11) is 0. The molecule has 1 aliphatic carbocycles. The van der Waals surface area contributed by atoms with Crippen LogP contribution in [0.1, 0.15) is 69.5 Å². The number of pyridine rings is 1. The lowest BCUT2D eigenvalue weighted by molar-refractivity contribution is 0.107. The number of likely N-dealkylation sites (tertiary alicyclic amines) is 1. The molecule has 0 amide bonds. The maximum atomic E-state index is 4.55. The van der Waals surface area contributed by atoms with Gasteiger partial charge in [-0.3, -0.25) is 14.6 Å². The van der Waals surface area contributed by atoms with Crippen LogP contribution in [0.2, 0.25) is 0 Å². The van der Waals surface area contributed by atoms with E-state index in [0.717, 1.165) is 25.0 Å². The third-order valence-corrected chi connectivity index (χ3v) is 6.73. The minimum Gasteiger partial charge on any atom is -0.300 e. The molecule has 0 unspecified atom stereocenters. The summed E-state index contributed by atoms with van der Waals surface area (Å²) in [5.41, 5.74) is 2.61. The van der Waals surface area contributed by atoms with Crippen LogP contribution in [-0.2, 0) is 13.1 Å².